The Labute approximate surface area is 108 Å². The van der Waals surface area contributed by atoms with E-state index in [-0.39, 0.29) is 11.5 Å². The molecule has 0 aliphatic carbocycles. The number of benzene rings is 1. The van der Waals surface area contributed by atoms with Gasteiger partial charge >= 0.3 is 0 Å². The second kappa shape index (κ2) is 4.56. The number of hydrogen-bond donors (Lipinski definition) is 1. The fraction of sp³-hybridized carbons (Fsp3) is 0.600. The molecule has 0 spiro atoms. The highest BCUT2D eigenvalue weighted by Gasteiger charge is 2.41. The zero-order valence-corrected chi connectivity index (χ0v) is 10.9. The Kier molecular flexibility index (Phi) is 3.04. The maximum Gasteiger partial charge on any atom is 0.122 e. The van der Waals surface area contributed by atoms with Gasteiger partial charge in [-0.25, -0.2) is 0 Å². The van der Waals surface area contributed by atoms with E-state index >= 15 is 0 Å². The minimum absolute atomic E-state index is 0.140. The molecule has 2 aliphatic rings. The first kappa shape index (κ1) is 12.0. The van der Waals surface area contributed by atoms with Crippen LogP contribution in [0.4, 0.5) is 0 Å². The Balaban J connectivity index is 1.91. The van der Waals surface area contributed by atoms with Crippen molar-refractivity contribution in [2.45, 2.75) is 37.6 Å². The summed E-state index contributed by atoms with van der Waals surface area (Å²) >= 11 is 0. The first-order valence-corrected chi connectivity index (χ1v) is 6.79. The topological polar surface area (TPSA) is 44.5 Å². The Bertz CT molecular complexity index is 438. The molecule has 2 heterocycles. The maximum atomic E-state index is 5.98. The minimum Gasteiger partial charge on any atom is -0.493 e. The summed E-state index contributed by atoms with van der Waals surface area (Å²) in [5, 5.41) is 0. The van der Waals surface area contributed by atoms with E-state index in [1.165, 1.54) is 11.1 Å². The highest BCUT2D eigenvalue weighted by Crippen LogP contribution is 2.39. The number of hydrogen-bond acceptors (Lipinski definition) is 3. The fourth-order valence-electron chi connectivity index (χ4n) is 3.06. The van der Waals surface area contributed by atoms with Gasteiger partial charge in [-0.15, -0.1) is 0 Å². The molecule has 3 rings (SSSR count). The average molecular weight is 247 g/mol. The molecule has 1 aromatic carbocycles. The fourth-order valence-corrected chi connectivity index (χ4v) is 3.06. The van der Waals surface area contributed by atoms with E-state index in [0.29, 0.717) is 0 Å². The second-order valence-corrected chi connectivity index (χ2v) is 5.73. The lowest BCUT2D eigenvalue weighted by Crippen LogP contribution is -2.49. The standard InChI is InChI=1S/C15H21NO2/c1-11(16)8-15(9-17-10-15)13-4-5-14-12(7-13)3-2-6-18-14/h4-5,7,11H,2-3,6,8-10,16H2,1H3. The molecule has 1 atom stereocenters. The zero-order valence-electron chi connectivity index (χ0n) is 10.9. The van der Waals surface area contributed by atoms with Crippen LogP contribution in [-0.2, 0) is 16.6 Å². The third kappa shape index (κ3) is 2.02. The van der Waals surface area contributed by atoms with Crippen LogP contribution in [0.25, 0.3) is 0 Å². The van der Waals surface area contributed by atoms with Crippen molar-refractivity contribution >= 4 is 0 Å². The van der Waals surface area contributed by atoms with Crippen molar-refractivity contribution < 1.29 is 9.47 Å². The molecule has 2 aliphatic heterocycles. The summed E-state index contributed by atoms with van der Waals surface area (Å²) in [6.07, 6.45) is 3.23. The van der Waals surface area contributed by atoms with Crippen molar-refractivity contribution in [2.75, 3.05) is 19.8 Å². The summed E-state index contributed by atoms with van der Waals surface area (Å²) in [6, 6.07) is 6.82. The molecule has 1 saturated heterocycles. The number of ether oxygens (including phenoxy) is 2. The monoisotopic (exact) mass is 247 g/mol. The third-order valence-electron chi connectivity index (χ3n) is 3.99. The van der Waals surface area contributed by atoms with Gasteiger partial charge in [-0.2, -0.15) is 0 Å². The van der Waals surface area contributed by atoms with Crippen LogP contribution < -0.4 is 10.5 Å². The third-order valence-corrected chi connectivity index (χ3v) is 3.99. The summed E-state index contributed by atoms with van der Waals surface area (Å²) in [5.41, 5.74) is 8.84. The first-order chi connectivity index (χ1) is 8.70. The van der Waals surface area contributed by atoms with Crippen LogP contribution in [0.5, 0.6) is 5.75 Å². The van der Waals surface area contributed by atoms with Crippen molar-refractivity contribution in [1.82, 2.24) is 0 Å². The van der Waals surface area contributed by atoms with Gasteiger partial charge in [-0.3, -0.25) is 0 Å². The molecule has 0 radical (unpaired) electrons. The van der Waals surface area contributed by atoms with Gasteiger partial charge in [-0.05, 0) is 43.4 Å². The van der Waals surface area contributed by atoms with Gasteiger partial charge in [0.05, 0.1) is 19.8 Å². The minimum atomic E-state index is 0.140. The Morgan fingerprint density at radius 3 is 2.89 bits per heavy atom. The molecule has 0 bridgehead atoms. The lowest BCUT2D eigenvalue weighted by Gasteiger charge is -2.43. The van der Waals surface area contributed by atoms with Crippen LogP contribution in [0.2, 0.25) is 0 Å². The molecule has 3 heteroatoms. The number of fused-ring (bicyclic) bond motifs is 1. The molecular formula is C15H21NO2. The van der Waals surface area contributed by atoms with Gasteiger partial charge in [0.15, 0.2) is 0 Å². The average Bonchev–Trinajstić information content (AvgIpc) is 2.33. The summed E-state index contributed by atoms with van der Waals surface area (Å²) in [5.74, 6) is 1.06. The molecule has 2 N–H and O–H groups in total. The van der Waals surface area contributed by atoms with Gasteiger partial charge in [0.1, 0.15) is 5.75 Å². The molecule has 3 nitrogen and oxygen atoms in total. The van der Waals surface area contributed by atoms with E-state index in [1.807, 2.05) is 0 Å². The van der Waals surface area contributed by atoms with Crippen molar-refractivity contribution in [3.05, 3.63) is 29.3 Å². The SMILES string of the molecule is CC(N)CC1(c2ccc3c(c2)CCCO3)COC1. The highest BCUT2D eigenvalue weighted by atomic mass is 16.5. The number of nitrogens with two attached hydrogens (primary N) is 1. The summed E-state index contributed by atoms with van der Waals surface area (Å²) in [4.78, 5) is 0. The number of aryl methyl sites for hydroxylation is 1. The normalized spacial score (nSPS) is 22.6. The van der Waals surface area contributed by atoms with Crippen molar-refractivity contribution in [3.8, 4) is 5.75 Å². The second-order valence-electron chi connectivity index (χ2n) is 5.73. The van der Waals surface area contributed by atoms with Gasteiger partial charge in [0.25, 0.3) is 0 Å². The van der Waals surface area contributed by atoms with Crippen LogP contribution >= 0.6 is 0 Å². The molecule has 0 aromatic heterocycles. The molecule has 1 aromatic rings. The molecule has 0 saturated carbocycles. The van der Waals surface area contributed by atoms with E-state index in [9.17, 15) is 0 Å². The van der Waals surface area contributed by atoms with Crippen molar-refractivity contribution in [2.24, 2.45) is 5.73 Å². The molecular weight excluding hydrogens is 226 g/mol. The van der Waals surface area contributed by atoms with Crippen molar-refractivity contribution in [1.29, 1.82) is 0 Å². The van der Waals surface area contributed by atoms with E-state index in [0.717, 1.165) is 44.8 Å². The summed E-state index contributed by atoms with van der Waals surface area (Å²) in [7, 11) is 0. The van der Waals surface area contributed by atoms with Gasteiger partial charge in [0, 0.05) is 11.5 Å². The van der Waals surface area contributed by atoms with Crippen molar-refractivity contribution in [3.63, 3.8) is 0 Å². The highest BCUT2D eigenvalue weighted by molar-refractivity contribution is 5.42. The molecule has 18 heavy (non-hydrogen) atoms. The van der Waals surface area contributed by atoms with Gasteiger partial charge in [0.2, 0.25) is 0 Å². The van der Waals surface area contributed by atoms with E-state index in [4.69, 9.17) is 15.2 Å². The largest absolute Gasteiger partial charge is 0.493 e. The van der Waals surface area contributed by atoms with Crippen LogP contribution in [0.1, 0.15) is 30.9 Å². The maximum absolute atomic E-state index is 5.98. The molecule has 1 unspecified atom stereocenters. The zero-order chi connectivity index (χ0) is 12.6. The Morgan fingerprint density at radius 1 is 1.39 bits per heavy atom. The first-order valence-electron chi connectivity index (χ1n) is 6.79. The lowest BCUT2D eigenvalue weighted by atomic mass is 9.73. The van der Waals surface area contributed by atoms with Crippen LogP contribution in [-0.4, -0.2) is 25.9 Å². The predicted molar refractivity (Wildman–Crippen MR) is 71.0 cm³/mol. The molecule has 98 valence electrons. The van der Waals surface area contributed by atoms with Crippen LogP contribution in [0, 0.1) is 0 Å². The molecule has 1 fully saturated rings. The number of rotatable bonds is 3. The predicted octanol–water partition coefficient (Wildman–Crippen LogP) is 2.02. The van der Waals surface area contributed by atoms with Crippen LogP contribution in [0.3, 0.4) is 0 Å². The van der Waals surface area contributed by atoms with E-state index in [2.05, 4.69) is 25.1 Å². The summed E-state index contributed by atoms with van der Waals surface area (Å²) in [6.45, 7) is 4.52. The van der Waals surface area contributed by atoms with E-state index in [1.54, 1.807) is 0 Å². The van der Waals surface area contributed by atoms with Crippen LogP contribution in [0.15, 0.2) is 18.2 Å². The van der Waals surface area contributed by atoms with E-state index < -0.39 is 0 Å². The molecule has 0 amide bonds. The summed E-state index contributed by atoms with van der Waals surface area (Å²) < 4.78 is 11.1. The Morgan fingerprint density at radius 2 is 2.22 bits per heavy atom. The van der Waals surface area contributed by atoms with Gasteiger partial charge in [-0.1, -0.05) is 12.1 Å². The van der Waals surface area contributed by atoms with Gasteiger partial charge < -0.3 is 15.2 Å². The Hall–Kier alpha value is -1.06. The smallest absolute Gasteiger partial charge is 0.122 e. The lowest BCUT2D eigenvalue weighted by molar-refractivity contribution is -0.0666. The quantitative estimate of drug-likeness (QED) is 0.888.